The highest BCUT2D eigenvalue weighted by Gasteiger charge is 2.64. The Balaban J connectivity index is 2.38. The molecule has 0 aromatic carbocycles. The average molecular weight is 200 g/mol. The molecule has 0 amide bonds. The Hall–Kier alpha value is -0.120. The van der Waals surface area contributed by atoms with Crippen LogP contribution in [0.5, 0.6) is 0 Å². The van der Waals surface area contributed by atoms with Gasteiger partial charge >= 0.3 is 0 Å². The molecule has 2 aliphatic heterocycles. The van der Waals surface area contributed by atoms with Crippen LogP contribution < -0.4 is 0 Å². The third-order valence-corrected chi connectivity index (χ3v) is 3.53. The summed E-state index contributed by atoms with van der Waals surface area (Å²) in [4.78, 5) is 0. The maximum Gasteiger partial charge on any atom is 0.197 e. The van der Waals surface area contributed by atoms with Gasteiger partial charge in [0.25, 0.3) is 0 Å². The lowest BCUT2D eigenvalue weighted by molar-refractivity contribution is -0.343. The van der Waals surface area contributed by atoms with Gasteiger partial charge in [-0.3, -0.25) is 0 Å². The Morgan fingerprint density at radius 1 is 1.43 bits per heavy atom. The molecular formula is C11H20O3. The largest absolute Gasteiger partial charge is 0.384 e. The molecule has 2 heterocycles. The minimum atomic E-state index is -0.860. The van der Waals surface area contributed by atoms with Crippen LogP contribution in [-0.2, 0) is 9.47 Å². The fraction of sp³-hybridized carbons (Fsp3) is 1.00. The van der Waals surface area contributed by atoms with Gasteiger partial charge in [0, 0.05) is 19.3 Å². The van der Waals surface area contributed by atoms with Gasteiger partial charge in [0.15, 0.2) is 5.79 Å². The van der Waals surface area contributed by atoms with E-state index in [9.17, 15) is 5.11 Å². The molecule has 2 aliphatic rings. The van der Waals surface area contributed by atoms with Gasteiger partial charge in [-0.05, 0) is 20.8 Å². The first-order valence-corrected chi connectivity index (χ1v) is 5.43. The first-order valence-electron chi connectivity index (χ1n) is 5.43. The zero-order valence-corrected chi connectivity index (χ0v) is 9.46. The van der Waals surface area contributed by atoms with Crippen molar-refractivity contribution in [1.82, 2.24) is 0 Å². The lowest BCUT2D eigenvalue weighted by Gasteiger charge is -2.43. The van der Waals surface area contributed by atoms with Crippen molar-refractivity contribution in [3.05, 3.63) is 0 Å². The van der Waals surface area contributed by atoms with E-state index in [0.717, 1.165) is 6.42 Å². The molecule has 2 fully saturated rings. The van der Waals surface area contributed by atoms with Crippen molar-refractivity contribution >= 4 is 0 Å². The van der Waals surface area contributed by atoms with Gasteiger partial charge in [-0.2, -0.15) is 0 Å². The molecule has 0 aliphatic carbocycles. The van der Waals surface area contributed by atoms with Crippen molar-refractivity contribution in [3.8, 4) is 0 Å². The van der Waals surface area contributed by atoms with Crippen molar-refractivity contribution < 1.29 is 14.6 Å². The zero-order chi connectivity index (χ0) is 10.6. The van der Waals surface area contributed by atoms with E-state index >= 15 is 0 Å². The molecule has 0 aromatic rings. The summed E-state index contributed by atoms with van der Waals surface area (Å²) in [6.07, 6.45) is 2.39. The van der Waals surface area contributed by atoms with Gasteiger partial charge in [0.2, 0.25) is 0 Å². The third kappa shape index (κ3) is 1.23. The van der Waals surface area contributed by atoms with Gasteiger partial charge in [0.1, 0.15) is 5.60 Å². The van der Waals surface area contributed by atoms with E-state index in [4.69, 9.17) is 9.47 Å². The molecule has 4 atom stereocenters. The number of rotatable bonds is 1. The lowest BCUT2D eigenvalue weighted by Crippen LogP contribution is -2.54. The van der Waals surface area contributed by atoms with Crippen LogP contribution in [0.15, 0.2) is 0 Å². The Kier molecular flexibility index (Phi) is 2.02. The molecule has 3 nitrogen and oxygen atoms in total. The zero-order valence-electron chi connectivity index (χ0n) is 9.46. The Morgan fingerprint density at radius 2 is 2.07 bits per heavy atom. The molecule has 82 valence electrons. The van der Waals surface area contributed by atoms with Crippen molar-refractivity contribution in [1.29, 1.82) is 0 Å². The van der Waals surface area contributed by atoms with E-state index in [0.29, 0.717) is 12.8 Å². The second-order valence-corrected chi connectivity index (χ2v) is 5.24. The smallest absolute Gasteiger partial charge is 0.197 e. The number of aliphatic hydroxyl groups is 1. The predicted octanol–water partition coefficient (Wildman–Crippen LogP) is 1.83. The summed E-state index contributed by atoms with van der Waals surface area (Å²) in [5, 5.41) is 10.3. The predicted molar refractivity (Wildman–Crippen MR) is 52.9 cm³/mol. The van der Waals surface area contributed by atoms with Crippen molar-refractivity contribution in [3.63, 3.8) is 0 Å². The number of hydrogen-bond acceptors (Lipinski definition) is 3. The molecule has 0 aromatic heterocycles. The summed E-state index contributed by atoms with van der Waals surface area (Å²) >= 11 is 0. The topological polar surface area (TPSA) is 38.7 Å². The highest BCUT2D eigenvalue weighted by atomic mass is 16.7. The van der Waals surface area contributed by atoms with E-state index in [-0.39, 0.29) is 11.7 Å². The van der Waals surface area contributed by atoms with Crippen LogP contribution in [0.4, 0.5) is 0 Å². The minimum Gasteiger partial charge on any atom is -0.384 e. The van der Waals surface area contributed by atoms with Gasteiger partial charge < -0.3 is 14.6 Å². The van der Waals surface area contributed by atoms with Crippen molar-refractivity contribution in [2.24, 2.45) is 0 Å². The maximum atomic E-state index is 10.3. The van der Waals surface area contributed by atoms with E-state index < -0.39 is 11.4 Å². The number of fused-ring (bicyclic) bond motifs is 2. The van der Waals surface area contributed by atoms with Crippen LogP contribution in [0.1, 0.15) is 47.0 Å². The second kappa shape index (κ2) is 2.71. The van der Waals surface area contributed by atoms with Gasteiger partial charge in [0.05, 0.1) is 11.7 Å². The maximum absolute atomic E-state index is 10.3. The van der Waals surface area contributed by atoms with E-state index in [1.807, 2.05) is 20.8 Å². The van der Waals surface area contributed by atoms with Gasteiger partial charge in [-0.25, -0.2) is 0 Å². The molecule has 1 N–H and O–H groups in total. The molecule has 0 spiro atoms. The molecule has 0 radical (unpaired) electrons. The van der Waals surface area contributed by atoms with E-state index in [1.165, 1.54) is 0 Å². The number of ether oxygens (including phenoxy) is 2. The van der Waals surface area contributed by atoms with E-state index in [2.05, 4.69) is 6.92 Å². The van der Waals surface area contributed by atoms with Crippen molar-refractivity contribution in [2.75, 3.05) is 0 Å². The molecular weight excluding hydrogens is 180 g/mol. The average Bonchev–Trinajstić information content (AvgIpc) is 2.13. The van der Waals surface area contributed by atoms with Crippen LogP contribution in [0.25, 0.3) is 0 Å². The highest BCUT2D eigenvalue weighted by Crippen LogP contribution is 2.53. The highest BCUT2D eigenvalue weighted by molar-refractivity contribution is 5.07. The summed E-state index contributed by atoms with van der Waals surface area (Å²) in [7, 11) is 0. The lowest BCUT2D eigenvalue weighted by atomic mass is 9.87. The molecule has 14 heavy (non-hydrogen) atoms. The Labute approximate surface area is 85.4 Å². The first-order chi connectivity index (χ1) is 6.33. The van der Waals surface area contributed by atoms with Gasteiger partial charge in [-0.15, -0.1) is 0 Å². The third-order valence-electron chi connectivity index (χ3n) is 3.53. The fourth-order valence-corrected chi connectivity index (χ4v) is 3.18. The second-order valence-electron chi connectivity index (χ2n) is 5.24. The Bertz CT molecular complexity index is 251. The van der Waals surface area contributed by atoms with Crippen molar-refractivity contribution in [2.45, 2.75) is 70.1 Å². The molecule has 2 rings (SSSR count). The number of hydrogen-bond donors (Lipinski definition) is 1. The minimum absolute atomic E-state index is 0.169. The molecule has 2 bridgehead atoms. The molecule has 0 saturated carbocycles. The monoisotopic (exact) mass is 200 g/mol. The molecule has 3 heteroatoms. The van der Waals surface area contributed by atoms with Crippen LogP contribution in [0.3, 0.4) is 0 Å². The summed E-state index contributed by atoms with van der Waals surface area (Å²) in [6.45, 7) is 7.93. The molecule has 2 saturated heterocycles. The molecule has 0 unspecified atom stereocenters. The fourth-order valence-electron chi connectivity index (χ4n) is 3.18. The standard InChI is InChI=1S/C11H20O3/c1-5-11-10(4,12)7-9(3,14-11)6-8(2)13-11/h8,12H,5-7H2,1-4H3/t8-,9-,10+,11-/m0/s1. The first kappa shape index (κ1) is 10.4. The quantitative estimate of drug-likeness (QED) is 0.702. The van der Waals surface area contributed by atoms with Gasteiger partial charge in [-0.1, -0.05) is 6.92 Å². The summed E-state index contributed by atoms with van der Waals surface area (Å²) in [5.41, 5.74) is -1.07. The van der Waals surface area contributed by atoms with E-state index in [1.54, 1.807) is 0 Å². The van der Waals surface area contributed by atoms with Crippen LogP contribution >= 0.6 is 0 Å². The SMILES string of the molecule is CC[C@@]12O[C@@H](C)C[C@@](C)(C[C@@]1(C)O)O2. The normalized spacial score (nSPS) is 57.6. The summed E-state index contributed by atoms with van der Waals surface area (Å²) in [6, 6.07) is 0. The Morgan fingerprint density at radius 3 is 2.64 bits per heavy atom. The summed E-state index contributed by atoms with van der Waals surface area (Å²) in [5.74, 6) is -0.778. The van der Waals surface area contributed by atoms with Crippen LogP contribution in [0.2, 0.25) is 0 Å². The van der Waals surface area contributed by atoms with Crippen LogP contribution in [-0.4, -0.2) is 28.2 Å². The summed E-state index contributed by atoms with van der Waals surface area (Å²) < 4.78 is 11.8. The van der Waals surface area contributed by atoms with Crippen LogP contribution in [0, 0.1) is 0 Å².